The van der Waals surface area contributed by atoms with Crippen LogP contribution < -0.4 is 18.9 Å². The molecule has 0 heterocycles. The van der Waals surface area contributed by atoms with Gasteiger partial charge in [0.2, 0.25) is 15.8 Å². The van der Waals surface area contributed by atoms with Crippen LogP contribution in [-0.4, -0.2) is 29.7 Å². The molecule has 6 nitrogen and oxygen atoms in total. The molecule has 0 unspecified atom stereocenters. The molecular weight excluding hydrogens is 354 g/mol. The Kier molecular flexibility index (Phi) is 6.15. The number of sulfonamides is 1. The molecule has 2 aromatic carbocycles. The first-order valence-corrected chi connectivity index (χ1v) is 9.58. The summed E-state index contributed by atoms with van der Waals surface area (Å²) >= 11 is 0. The average Bonchev–Trinajstić information content (AvgIpc) is 2.57. The third-order valence-electron chi connectivity index (χ3n) is 4.06. The van der Waals surface area contributed by atoms with Crippen LogP contribution in [-0.2, 0) is 16.6 Å². The van der Waals surface area contributed by atoms with Crippen LogP contribution >= 0.6 is 0 Å². The maximum absolute atomic E-state index is 12.8. The number of aryl methyl sites for hydroxylation is 3. The lowest BCUT2D eigenvalue weighted by Gasteiger charge is -2.16. The molecule has 0 saturated carbocycles. The van der Waals surface area contributed by atoms with Crippen LogP contribution in [0.25, 0.3) is 0 Å². The van der Waals surface area contributed by atoms with Crippen LogP contribution in [0.5, 0.6) is 17.2 Å². The predicted molar refractivity (Wildman–Crippen MR) is 101 cm³/mol. The minimum atomic E-state index is -3.65. The van der Waals surface area contributed by atoms with Gasteiger partial charge in [-0.2, -0.15) is 0 Å². The van der Waals surface area contributed by atoms with Gasteiger partial charge in [0.05, 0.1) is 26.2 Å². The van der Waals surface area contributed by atoms with Crippen molar-refractivity contribution in [2.24, 2.45) is 0 Å². The van der Waals surface area contributed by atoms with Gasteiger partial charge in [-0.05, 0) is 49.6 Å². The predicted octanol–water partition coefficient (Wildman–Crippen LogP) is 3.12. The van der Waals surface area contributed by atoms with Crippen LogP contribution in [0.3, 0.4) is 0 Å². The summed E-state index contributed by atoms with van der Waals surface area (Å²) in [5.74, 6) is 1.42. The fraction of sp³-hybridized carbons (Fsp3) is 0.368. The smallest absolute Gasteiger partial charge is 0.241 e. The van der Waals surface area contributed by atoms with E-state index in [1.165, 1.54) is 21.3 Å². The number of hydrogen-bond donors (Lipinski definition) is 1. The van der Waals surface area contributed by atoms with Gasteiger partial charge in [-0.1, -0.05) is 17.7 Å². The number of benzene rings is 2. The molecule has 0 fully saturated rings. The van der Waals surface area contributed by atoms with E-state index in [2.05, 4.69) is 4.72 Å². The Labute approximate surface area is 155 Å². The van der Waals surface area contributed by atoms with Crippen molar-refractivity contribution in [3.8, 4) is 17.2 Å². The number of methoxy groups -OCH3 is 3. The van der Waals surface area contributed by atoms with Gasteiger partial charge in [0.25, 0.3) is 0 Å². The number of hydrogen-bond acceptors (Lipinski definition) is 5. The molecule has 0 radical (unpaired) electrons. The topological polar surface area (TPSA) is 73.9 Å². The molecule has 0 amide bonds. The van der Waals surface area contributed by atoms with Gasteiger partial charge in [-0.15, -0.1) is 0 Å². The van der Waals surface area contributed by atoms with Crippen molar-refractivity contribution in [1.82, 2.24) is 4.72 Å². The highest BCUT2D eigenvalue weighted by Gasteiger charge is 2.20. The van der Waals surface area contributed by atoms with E-state index in [9.17, 15) is 8.42 Å². The van der Waals surface area contributed by atoms with Gasteiger partial charge in [0.1, 0.15) is 0 Å². The molecule has 0 aliphatic carbocycles. The quantitative estimate of drug-likeness (QED) is 0.800. The van der Waals surface area contributed by atoms with Gasteiger partial charge in [0, 0.05) is 6.54 Å². The van der Waals surface area contributed by atoms with Crippen LogP contribution in [0.4, 0.5) is 0 Å². The van der Waals surface area contributed by atoms with Crippen LogP contribution in [0, 0.1) is 20.8 Å². The molecular formula is C19H25NO5S. The van der Waals surface area contributed by atoms with Crippen molar-refractivity contribution in [3.63, 3.8) is 0 Å². The molecule has 0 aromatic heterocycles. The van der Waals surface area contributed by atoms with Gasteiger partial charge in [-0.3, -0.25) is 0 Å². The second kappa shape index (κ2) is 7.97. The minimum absolute atomic E-state index is 0.103. The Balaban J connectivity index is 2.34. The maximum Gasteiger partial charge on any atom is 0.241 e. The zero-order valence-electron chi connectivity index (χ0n) is 16.0. The first-order chi connectivity index (χ1) is 12.2. The fourth-order valence-electron chi connectivity index (χ4n) is 3.08. The van der Waals surface area contributed by atoms with Gasteiger partial charge in [0.15, 0.2) is 11.5 Å². The van der Waals surface area contributed by atoms with Crippen LogP contribution in [0.2, 0.25) is 0 Å². The lowest BCUT2D eigenvalue weighted by molar-refractivity contribution is 0.323. The van der Waals surface area contributed by atoms with Crippen LogP contribution in [0.15, 0.2) is 29.2 Å². The Morgan fingerprint density at radius 2 is 1.35 bits per heavy atom. The second-order valence-electron chi connectivity index (χ2n) is 6.09. The molecule has 2 aromatic rings. The largest absolute Gasteiger partial charge is 0.493 e. The summed E-state index contributed by atoms with van der Waals surface area (Å²) < 4.78 is 44.1. The summed E-state index contributed by atoms with van der Waals surface area (Å²) in [7, 11) is 0.901. The molecule has 7 heteroatoms. The summed E-state index contributed by atoms with van der Waals surface area (Å²) in [5.41, 5.74) is 3.17. The molecule has 0 aliphatic heterocycles. The van der Waals surface area contributed by atoms with Crippen molar-refractivity contribution in [2.45, 2.75) is 32.2 Å². The fourth-order valence-corrected chi connectivity index (χ4v) is 4.55. The summed E-state index contributed by atoms with van der Waals surface area (Å²) in [6.07, 6.45) is 0. The average molecular weight is 379 g/mol. The normalized spacial score (nSPS) is 11.3. The number of rotatable bonds is 7. The highest BCUT2D eigenvalue weighted by molar-refractivity contribution is 7.89. The maximum atomic E-state index is 12.8. The van der Waals surface area contributed by atoms with Crippen molar-refractivity contribution in [2.75, 3.05) is 21.3 Å². The summed E-state index contributed by atoms with van der Waals surface area (Å²) in [4.78, 5) is 0.315. The van der Waals surface area contributed by atoms with Gasteiger partial charge in [-0.25, -0.2) is 13.1 Å². The number of nitrogens with one attached hydrogen (secondary N) is 1. The monoisotopic (exact) mass is 379 g/mol. The van der Waals surface area contributed by atoms with E-state index < -0.39 is 10.0 Å². The lowest BCUT2D eigenvalue weighted by atomic mass is 10.1. The summed E-state index contributed by atoms with van der Waals surface area (Å²) in [6.45, 7) is 5.65. The zero-order chi connectivity index (χ0) is 19.5. The van der Waals surface area contributed by atoms with E-state index in [4.69, 9.17) is 14.2 Å². The standard InChI is InChI=1S/C19H25NO5S/c1-12-7-13(2)19(14(3)8-12)26(21,22)20-11-15-9-16(23-4)18(25-6)17(10-15)24-5/h7-10,20H,11H2,1-6H3. The van der Waals surface area contributed by atoms with Crippen molar-refractivity contribution >= 4 is 10.0 Å². The first-order valence-electron chi connectivity index (χ1n) is 8.10. The SMILES string of the molecule is COc1cc(CNS(=O)(=O)c2c(C)cc(C)cc2C)cc(OC)c1OC. The summed E-state index contributed by atoms with van der Waals surface area (Å²) in [5, 5.41) is 0. The molecule has 0 spiro atoms. The Hall–Kier alpha value is -2.25. The van der Waals surface area contributed by atoms with Gasteiger partial charge >= 0.3 is 0 Å². The second-order valence-corrected chi connectivity index (χ2v) is 7.79. The molecule has 0 aliphatic rings. The van der Waals surface area contributed by atoms with E-state index in [0.29, 0.717) is 27.7 Å². The number of ether oxygens (including phenoxy) is 3. The highest BCUT2D eigenvalue weighted by Crippen LogP contribution is 2.38. The van der Waals surface area contributed by atoms with Crippen molar-refractivity contribution in [1.29, 1.82) is 0 Å². The van der Waals surface area contributed by atoms with Crippen molar-refractivity contribution in [3.05, 3.63) is 46.5 Å². The van der Waals surface area contributed by atoms with E-state index in [1.807, 2.05) is 19.1 Å². The first kappa shape index (κ1) is 20.1. The molecule has 2 rings (SSSR count). The van der Waals surface area contributed by atoms with E-state index >= 15 is 0 Å². The lowest BCUT2D eigenvalue weighted by Crippen LogP contribution is -2.25. The molecule has 0 atom stereocenters. The van der Waals surface area contributed by atoms with E-state index in [0.717, 1.165) is 16.7 Å². The van der Waals surface area contributed by atoms with Crippen LogP contribution in [0.1, 0.15) is 22.3 Å². The molecule has 142 valence electrons. The molecule has 0 bridgehead atoms. The third-order valence-corrected chi connectivity index (χ3v) is 5.77. The van der Waals surface area contributed by atoms with Gasteiger partial charge < -0.3 is 14.2 Å². The third kappa shape index (κ3) is 4.11. The van der Waals surface area contributed by atoms with E-state index in [1.54, 1.807) is 26.0 Å². The highest BCUT2D eigenvalue weighted by atomic mass is 32.2. The zero-order valence-corrected chi connectivity index (χ0v) is 16.8. The molecule has 0 saturated heterocycles. The Bertz CT molecular complexity index is 858. The Morgan fingerprint density at radius 1 is 0.846 bits per heavy atom. The summed E-state index contributed by atoms with van der Waals surface area (Å²) in [6, 6.07) is 7.17. The molecule has 1 N–H and O–H groups in total. The molecule has 26 heavy (non-hydrogen) atoms. The minimum Gasteiger partial charge on any atom is -0.493 e. The van der Waals surface area contributed by atoms with Crippen molar-refractivity contribution < 1.29 is 22.6 Å². The van der Waals surface area contributed by atoms with E-state index in [-0.39, 0.29) is 6.54 Å². The Morgan fingerprint density at radius 3 is 1.77 bits per heavy atom.